The van der Waals surface area contributed by atoms with Crippen molar-refractivity contribution in [2.24, 2.45) is 5.73 Å². The summed E-state index contributed by atoms with van der Waals surface area (Å²) in [6.45, 7) is 0. The molecule has 1 aromatic rings. The van der Waals surface area contributed by atoms with Gasteiger partial charge in [0.2, 0.25) is 0 Å². The summed E-state index contributed by atoms with van der Waals surface area (Å²) in [5, 5.41) is 8.38. The van der Waals surface area contributed by atoms with Gasteiger partial charge in [0.15, 0.2) is 0 Å². The molecule has 0 aliphatic heterocycles. The zero-order valence-electron chi connectivity index (χ0n) is 6.68. The van der Waals surface area contributed by atoms with Crippen molar-refractivity contribution in [2.75, 3.05) is 0 Å². The monoisotopic (exact) mass is 215 g/mol. The van der Waals surface area contributed by atoms with Gasteiger partial charge in [0.1, 0.15) is 4.32 Å². The summed E-state index contributed by atoms with van der Waals surface area (Å²) in [6, 6.07) is 8.30. The number of carboxylic acid groups (broad SMARTS) is 1. The van der Waals surface area contributed by atoms with Gasteiger partial charge in [-0.1, -0.05) is 30.4 Å². The highest BCUT2D eigenvalue weighted by Gasteiger charge is 1.96. The van der Waals surface area contributed by atoms with Gasteiger partial charge in [-0.15, -0.1) is 12.6 Å². The van der Waals surface area contributed by atoms with E-state index in [9.17, 15) is 4.79 Å². The first-order valence-electron chi connectivity index (χ1n) is 3.30. The highest BCUT2D eigenvalue weighted by Crippen LogP contribution is 1.96. The highest BCUT2D eigenvalue weighted by molar-refractivity contribution is 8.10. The molecule has 0 saturated carbocycles. The summed E-state index contributed by atoms with van der Waals surface area (Å²) in [5.74, 6) is -0.879. The molecule has 3 N–H and O–H groups in total. The van der Waals surface area contributed by atoms with Gasteiger partial charge < -0.3 is 10.8 Å². The van der Waals surface area contributed by atoms with E-state index in [1.807, 2.05) is 0 Å². The number of carbonyl (C=O) groups is 1. The molecule has 0 aliphatic carbocycles. The Bertz CT molecular complexity index is 283. The summed E-state index contributed by atoms with van der Waals surface area (Å²) >= 11 is 7.65. The van der Waals surface area contributed by atoms with Crippen molar-refractivity contribution in [2.45, 2.75) is 0 Å². The molecular formula is C8H9NO2S2. The maximum Gasteiger partial charge on any atom is 0.335 e. The van der Waals surface area contributed by atoms with E-state index in [4.69, 9.17) is 10.8 Å². The van der Waals surface area contributed by atoms with Crippen LogP contribution in [0.25, 0.3) is 0 Å². The molecule has 0 saturated heterocycles. The molecule has 0 spiro atoms. The lowest BCUT2D eigenvalue weighted by Crippen LogP contribution is -1.94. The van der Waals surface area contributed by atoms with Crippen LogP contribution < -0.4 is 5.73 Å². The van der Waals surface area contributed by atoms with E-state index >= 15 is 0 Å². The maximum atomic E-state index is 10.2. The van der Waals surface area contributed by atoms with E-state index < -0.39 is 5.97 Å². The molecule has 0 unspecified atom stereocenters. The first-order valence-corrected chi connectivity index (χ1v) is 4.16. The second-order valence-corrected chi connectivity index (χ2v) is 3.23. The third-order valence-electron chi connectivity index (χ3n) is 1.02. The fourth-order valence-corrected chi connectivity index (χ4v) is 0.581. The Labute approximate surface area is 87.0 Å². The number of hydrogen-bond donors (Lipinski definition) is 3. The van der Waals surface area contributed by atoms with E-state index in [0.717, 1.165) is 0 Å². The lowest BCUT2D eigenvalue weighted by molar-refractivity contribution is 0.0697. The van der Waals surface area contributed by atoms with Gasteiger partial charge >= 0.3 is 5.97 Å². The number of thiol groups is 1. The lowest BCUT2D eigenvalue weighted by Gasteiger charge is -1.88. The minimum absolute atomic E-state index is 0.194. The quantitative estimate of drug-likeness (QED) is 0.491. The van der Waals surface area contributed by atoms with Crippen LogP contribution in [-0.2, 0) is 0 Å². The first kappa shape index (κ1) is 11.9. The van der Waals surface area contributed by atoms with E-state index in [1.54, 1.807) is 30.3 Å². The van der Waals surface area contributed by atoms with Crippen LogP contribution in [0.1, 0.15) is 10.4 Å². The standard InChI is InChI=1S/C7H6O2.CH3NS2/c8-7(9)6-4-2-1-3-5-6;2-1(3)4/h1-5H,(H,8,9);(H3,2,3,4). The second-order valence-electron chi connectivity index (χ2n) is 2.01. The molecule has 0 heterocycles. The van der Waals surface area contributed by atoms with E-state index in [1.165, 1.54) is 0 Å². The molecule has 0 aliphatic rings. The molecule has 3 nitrogen and oxygen atoms in total. The number of rotatable bonds is 1. The molecule has 1 rings (SSSR count). The van der Waals surface area contributed by atoms with Crippen molar-refractivity contribution in [1.82, 2.24) is 0 Å². The highest BCUT2D eigenvalue weighted by atomic mass is 32.1. The Hall–Kier alpha value is -1.07. The third-order valence-corrected chi connectivity index (χ3v) is 1.02. The molecule has 0 amide bonds. The van der Waals surface area contributed by atoms with Crippen molar-refractivity contribution >= 4 is 35.1 Å². The van der Waals surface area contributed by atoms with Gasteiger partial charge in [-0.3, -0.25) is 0 Å². The van der Waals surface area contributed by atoms with Gasteiger partial charge in [-0.2, -0.15) is 0 Å². The second kappa shape index (κ2) is 6.45. The SMILES string of the molecule is NC(=S)S.O=C(O)c1ccccc1. The minimum Gasteiger partial charge on any atom is -0.478 e. The summed E-state index contributed by atoms with van der Waals surface area (Å²) in [4.78, 5) is 10.2. The van der Waals surface area contributed by atoms with Gasteiger partial charge in [0.05, 0.1) is 5.56 Å². The molecule has 1 aromatic carbocycles. The maximum absolute atomic E-state index is 10.2. The molecule has 0 fully saturated rings. The van der Waals surface area contributed by atoms with Crippen molar-refractivity contribution in [3.63, 3.8) is 0 Å². The van der Waals surface area contributed by atoms with Gasteiger partial charge in [0.25, 0.3) is 0 Å². The van der Waals surface area contributed by atoms with Gasteiger partial charge in [-0.05, 0) is 12.1 Å². The van der Waals surface area contributed by atoms with E-state index in [0.29, 0.717) is 5.56 Å². The number of thiocarbonyl (C=S) groups is 1. The Balaban J connectivity index is 0.000000310. The Morgan fingerprint density at radius 1 is 1.38 bits per heavy atom. The van der Waals surface area contributed by atoms with Gasteiger partial charge in [0, 0.05) is 0 Å². The van der Waals surface area contributed by atoms with Crippen LogP contribution in [0, 0.1) is 0 Å². The molecule has 70 valence electrons. The van der Waals surface area contributed by atoms with Crippen LogP contribution in [0.3, 0.4) is 0 Å². The average Bonchev–Trinajstić information content (AvgIpc) is 2.05. The summed E-state index contributed by atoms with van der Waals surface area (Å²) in [5.41, 5.74) is 5.04. The van der Waals surface area contributed by atoms with Crippen LogP contribution in [-0.4, -0.2) is 15.4 Å². The zero-order valence-corrected chi connectivity index (χ0v) is 8.39. The molecule has 5 heteroatoms. The predicted octanol–water partition coefficient (Wildman–Crippen LogP) is 1.54. The lowest BCUT2D eigenvalue weighted by atomic mass is 10.2. The van der Waals surface area contributed by atoms with Crippen molar-refractivity contribution in [3.8, 4) is 0 Å². The van der Waals surface area contributed by atoms with Crippen molar-refractivity contribution in [3.05, 3.63) is 35.9 Å². The average molecular weight is 215 g/mol. The van der Waals surface area contributed by atoms with Crippen LogP contribution in [0.4, 0.5) is 0 Å². The normalized spacial score (nSPS) is 8.08. The molecule has 0 radical (unpaired) electrons. The number of hydrogen-bond acceptors (Lipinski definition) is 2. The number of nitrogens with two attached hydrogens (primary N) is 1. The minimum atomic E-state index is -0.879. The predicted molar refractivity (Wildman–Crippen MR) is 59.2 cm³/mol. The number of aromatic carboxylic acids is 1. The molecule has 0 aromatic heterocycles. The van der Waals surface area contributed by atoms with Crippen LogP contribution in [0.2, 0.25) is 0 Å². The number of benzene rings is 1. The smallest absolute Gasteiger partial charge is 0.335 e. The molecular weight excluding hydrogens is 206 g/mol. The fourth-order valence-electron chi connectivity index (χ4n) is 0.581. The first-order chi connectivity index (χ1) is 6.04. The summed E-state index contributed by atoms with van der Waals surface area (Å²) in [6.07, 6.45) is 0. The van der Waals surface area contributed by atoms with Crippen molar-refractivity contribution in [1.29, 1.82) is 0 Å². The number of carboxylic acids is 1. The summed E-state index contributed by atoms with van der Waals surface area (Å²) in [7, 11) is 0. The summed E-state index contributed by atoms with van der Waals surface area (Å²) < 4.78 is 0.194. The van der Waals surface area contributed by atoms with E-state index in [-0.39, 0.29) is 4.32 Å². The Morgan fingerprint density at radius 2 is 1.77 bits per heavy atom. The Kier molecular flexibility index (Phi) is 5.92. The van der Waals surface area contributed by atoms with Crippen LogP contribution in [0.5, 0.6) is 0 Å². The largest absolute Gasteiger partial charge is 0.478 e. The molecule has 0 atom stereocenters. The van der Waals surface area contributed by atoms with Crippen LogP contribution >= 0.6 is 24.8 Å². The van der Waals surface area contributed by atoms with Crippen LogP contribution in [0.15, 0.2) is 30.3 Å². The van der Waals surface area contributed by atoms with E-state index in [2.05, 4.69) is 24.8 Å². The third kappa shape index (κ3) is 7.30. The Morgan fingerprint density at radius 3 is 2.00 bits per heavy atom. The zero-order chi connectivity index (χ0) is 10.3. The topological polar surface area (TPSA) is 63.3 Å². The molecule has 0 bridgehead atoms. The fraction of sp³-hybridized carbons (Fsp3) is 0. The molecule has 13 heavy (non-hydrogen) atoms. The van der Waals surface area contributed by atoms with Crippen molar-refractivity contribution < 1.29 is 9.90 Å². The van der Waals surface area contributed by atoms with Gasteiger partial charge in [-0.25, -0.2) is 4.79 Å².